The summed E-state index contributed by atoms with van der Waals surface area (Å²) in [4.78, 5) is 0. The Bertz CT molecular complexity index is 409. The van der Waals surface area contributed by atoms with E-state index in [1.165, 1.54) is 6.07 Å². The molecule has 0 bridgehead atoms. The van der Waals surface area contributed by atoms with Crippen LogP contribution in [0.1, 0.15) is 0 Å². The minimum absolute atomic E-state index is 0.283. The monoisotopic (exact) mass is 240 g/mol. The van der Waals surface area contributed by atoms with Crippen molar-refractivity contribution in [3.05, 3.63) is 46.9 Å². The quantitative estimate of drug-likeness (QED) is 0.739. The van der Waals surface area contributed by atoms with Crippen molar-refractivity contribution in [2.24, 2.45) is 0 Å². The van der Waals surface area contributed by atoms with Crippen LogP contribution in [0.15, 0.2) is 45.5 Å². The molecule has 0 aliphatic rings. The van der Waals surface area contributed by atoms with Crippen LogP contribution >= 0.6 is 15.9 Å². The fourth-order valence-electron chi connectivity index (χ4n) is 1.09. The summed E-state index contributed by atoms with van der Waals surface area (Å²) in [5.41, 5.74) is 0.741. The molecule has 1 heterocycles. The van der Waals surface area contributed by atoms with Crippen LogP contribution in [0.25, 0.3) is 11.3 Å². The fourth-order valence-corrected chi connectivity index (χ4v) is 1.34. The largest absolute Gasteiger partial charge is 0.464 e. The first-order chi connectivity index (χ1) is 6.27. The Morgan fingerprint density at radius 3 is 2.69 bits per heavy atom. The third kappa shape index (κ3) is 1.65. The molecule has 66 valence electrons. The molecule has 0 aliphatic heterocycles. The number of hydrogen-bond acceptors (Lipinski definition) is 1. The van der Waals surface area contributed by atoms with Crippen molar-refractivity contribution in [2.45, 2.75) is 0 Å². The highest BCUT2D eigenvalue weighted by atomic mass is 79.9. The van der Waals surface area contributed by atoms with Crippen LogP contribution in [0.3, 0.4) is 0 Å². The number of halogens is 2. The van der Waals surface area contributed by atoms with Crippen molar-refractivity contribution < 1.29 is 8.81 Å². The molecule has 3 heteroatoms. The lowest BCUT2D eigenvalue weighted by Crippen LogP contribution is -1.79. The molecular formula is C10H6BrFO. The van der Waals surface area contributed by atoms with Crippen LogP contribution in [0.5, 0.6) is 0 Å². The molecule has 0 saturated carbocycles. The van der Waals surface area contributed by atoms with Gasteiger partial charge in [-0.05, 0) is 46.3 Å². The van der Waals surface area contributed by atoms with Gasteiger partial charge in [-0.2, -0.15) is 0 Å². The van der Waals surface area contributed by atoms with E-state index in [0.29, 0.717) is 10.2 Å². The van der Waals surface area contributed by atoms with Crippen molar-refractivity contribution in [3.8, 4) is 11.3 Å². The van der Waals surface area contributed by atoms with E-state index in [4.69, 9.17) is 4.42 Å². The zero-order valence-corrected chi connectivity index (χ0v) is 8.21. The molecule has 1 aromatic carbocycles. The maximum absolute atomic E-state index is 13.1. The molecule has 0 radical (unpaired) electrons. The highest BCUT2D eigenvalue weighted by Gasteiger charge is 2.04. The maximum atomic E-state index is 13.1. The summed E-state index contributed by atoms with van der Waals surface area (Å²) >= 11 is 3.09. The van der Waals surface area contributed by atoms with Gasteiger partial charge in [-0.15, -0.1) is 0 Å². The SMILES string of the molecule is Fc1cc(-c2ccco2)ccc1Br. The van der Waals surface area contributed by atoms with E-state index in [9.17, 15) is 4.39 Å². The second kappa shape index (κ2) is 3.34. The van der Waals surface area contributed by atoms with Gasteiger partial charge in [0.1, 0.15) is 11.6 Å². The van der Waals surface area contributed by atoms with Gasteiger partial charge in [-0.1, -0.05) is 0 Å². The van der Waals surface area contributed by atoms with Crippen molar-refractivity contribution in [1.29, 1.82) is 0 Å². The summed E-state index contributed by atoms with van der Waals surface area (Å²) in [6.45, 7) is 0. The Labute approximate surface area is 83.3 Å². The van der Waals surface area contributed by atoms with Gasteiger partial charge in [0, 0.05) is 5.56 Å². The van der Waals surface area contributed by atoms with Gasteiger partial charge in [0.25, 0.3) is 0 Å². The van der Waals surface area contributed by atoms with Gasteiger partial charge in [-0.3, -0.25) is 0 Å². The molecular weight excluding hydrogens is 235 g/mol. The van der Waals surface area contributed by atoms with Gasteiger partial charge >= 0.3 is 0 Å². The third-order valence-electron chi connectivity index (χ3n) is 1.73. The van der Waals surface area contributed by atoms with Crippen molar-refractivity contribution in [3.63, 3.8) is 0 Å². The zero-order chi connectivity index (χ0) is 9.26. The van der Waals surface area contributed by atoms with Crippen LogP contribution in [0, 0.1) is 5.82 Å². The van der Waals surface area contributed by atoms with Crippen molar-refractivity contribution in [1.82, 2.24) is 0 Å². The Hall–Kier alpha value is -1.09. The lowest BCUT2D eigenvalue weighted by molar-refractivity contribution is 0.579. The van der Waals surface area contributed by atoms with Crippen molar-refractivity contribution >= 4 is 15.9 Å². The first-order valence-corrected chi connectivity index (χ1v) is 4.55. The van der Waals surface area contributed by atoms with Crippen LogP contribution in [-0.2, 0) is 0 Å². The summed E-state index contributed by atoms with van der Waals surface area (Å²) in [5, 5.41) is 0. The van der Waals surface area contributed by atoms with E-state index < -0.39 is 0 Å². The summed E-state index contributed by atoms with van der Waals surface area (Å²) in [6, 6.07) is 8.46. The topological polar surface area (TPSA) is 13.1 Å². The molecule has 0 N–H and O–H groups in total. The minimum Gasteiger partial charge on any atom is -0.464 e. The molecule has 0 aliphatic carbocycles. The molecule has 0 atom stereocenters. The first-order valence-electron chi connectivity index (χ1n) is 3.76. The van der Waals surface area contributed by atoms with Gasteiger partial charge < -0.3 is 4.42 Å². The molecule has 0 saturated heterocycles. The lowest BCUT2D eigenvalue weighted by Gasteiger charge is -1.98. The normalized spacial score (nSPS) is 10.3. The average molecular weight is 241 g/mol. The van der Waals surface area contributed by atoms with Crippen molar-refractivity contribution in [2.75, 3.05) is 0 Å². The average Bonchev–Trinajstić information content (AvgIpc) is 2.62. The summed E-state index contributed by atoms with van der Waals surface area (Å²) in [5.74, 6) is 0.389. The number of rotatable bonds is 1. The van der Waals surface area contributed by atoms with E-state index >= 15 is 0 Å². The van der Waals surface area contributed by atoms with E-state index in [1.54, 1.807) is 30.5 Å². The number of furan rings is 1. The second-order valence-corrected chi connectivity index (χ2v) is 3.46. The van der Waals surface area contributed by atoms with E-state index in [0.717, 1.165) is 5.56 Å². The number of benzene rings is 1. The first kappa shape index (κ1) is 8.51. The van der Waals surface area contributed by atoms with E-state index in [2.05, 4.69) is 15.9 Å². The van der Waals surface area contributed by atoms with Crippen LogP contribution in [-0.4, -0.2) is 0 Å². The number of hydrogen-bond donors (Lipinski definition) is 0. The molecule has 0 spiro atoms. The Morgan fingerprint density at radius 1 is 1.23 bits per heavy atom. The van der Waals surface area contributed by atoms with Gasteiger partial charge in [0.2, 0.25) is 0 Å². The molecule has 0 unspecified atom stereocenters. The molecule has 0 fully saturated rings. The highest BCUT2D eigenvalue weighted by Crippen LogP contribution is 2.24. The van der Waals surface area contributed by atoms with Crippen LogP contribution in [0.2, 0.25) is 0 Å². The molecule has 2 rings (SSSR count). The molecule has 1 aromatic heterocycles. The summed E-state index contributed by atoms with van der Waals surface area (Å²) in [7, 11) is 0. The van der Waals surface area contributed by atoms with Crippen LogP contribution < -0.4 is 0 Å². The summed E-state index contributed by atoms with van der Waals surface area (Å²) < 4.78 is 18.7. The Kier molecular flexibility index (Phi) is 2.19. The smallest absolute Gasteiger partial charge is 0.138 e. The summed E-state index contributed by atoms with van der Waals surface area (Å²) in [6.07, 6.45) is 1.56. The second-order valence-electron chi connectivity index (χ2n) is 2.61. The Balaban J connectivity index is 2.49. The highest BCUT2D eigenvalue weighted by molar-refractivity contribution is 9.10. The third-order valence-corrected chi connectivity index (χ3v) is 2.37. The predicted molar refractivity (Wildman–Crippen MR) is 51.8 cm³/mol. The maximum Gasteiger partial charge on any atom is 0.138 e. The van der Waals surface area contributed by atoms with Gasteiger partial charge in [-0.25, -0.2) is 4.39 Å². The fraction of sp³-hybridized carbons (Fsp3) is 0. The zero-order valence-electron chi connectivity index (χ0n) is 6.63. The molecule has 13 heavy (non-hydrogen) atoms. The van der Waals surface area contributed by atoms with Crippen LogP contribution in [0.4, 0.5) is 4.39 Å². The molecule has 1 nitrogen and oxygen atoms in total. The predicted octanol–water partition coefficient (Wildman–Crippen LogP) is 3.85. The van der Waals surface area contributed by atoms with Gasteiger partial charge in [0.05, 0.1) is 10.7 Å². The van der Waals surface area contributed by atoms with Gasteiger partial charge in [0.15, 0.2) is 0 Å². The standard InChI is InChI=1S/C10H6BrFO/c11-8-4-3-7(6-9(8)12)10-2-1-5-13-10/h1-6H. The lowest BCUT2D eigenvalue weighted by atomic mass is 10.2. The minimum atomic E-state index is -0.283. The van der Waals surface area contributed by atoms with E-state index in [1.807, 2.05) is 0 Å². The Morgan fingerprint density at radius 2 is 2.08 bits per heavy atom. The van der Waals surface area contributed by atoms with E-state index in [-0.39, 0.29) is 5.82 Å². The molecule has 0 amide bonds. The molecule has 2 aromatic rings.